The predicted molar refractivity (Wildman–Crippen MR) is 42.0 cm³/mol. The molecule has 11 heavy (non-hydrogen) atoms. The zero-order valence-corrected chi connectivity index (χ0v) is 7.18. The Morgan fingerprint density at radius 2 is 1.45 bits per heavy atom. The Morgan fingerprint density at radius 3 is 1.55 bits per heavy atom. The van der Waals surface area contributed by atoms with Crippen molar-refractivity contribution in [2.45, 2.75) is 12.8 Å². The van der Waals surface area contributed by atoms with Gasteiger partial charge in [0.15, 0.2) is 0 Å². The summed E-state index contributed by atoms with van der Waals surface area (Å²) in [4.78, 5) is 22.1. The van der Waals surface area contributed by atoms with Crippen molar-refractivity contribution in [3.05, 3.63) is 0 Å². The first-order valence-electron chi connectivity index (χ1n) is 3.51. The molecule has 1 aliphatic rings. The molecule has 1 rings (SSSR count). The Balaban J connectivity index is 0.000000292. The number of hydrogen-bond donors (Lipinski definition) is 1. The van der Waals surface area contributed by atoms with Crippen LogP contribution in [0.4, 0.5) is 0 Å². The number of amides is 2. The third-order valence-corrected chi connectivity index (χ3v) is 1.30. The monoisotopic (exact) mass is 158 g/mol. The van der Waals surface area contributed by atoms with Gasteiger partial charge in [-0.05, 0) is 14.1 Å². The summed E-state index contributed by atoms with van der Waals surface area (Å²) in [5, 5.41) is 2.75. The van der Waals surface area contributed by atoms with E-state index >= 15 is 0 Å². The molecule has 0 aromatic carbocycles. The first kappa shape index (κ1) is 10.1. The molecule has 0 saturated carbocycles. The number of nitrogens with one attached hydrogen (secondary N) is 1. The van der Waals surface area contributed by atoms with Crippen molar-refractivity contribution >= 4 is 11.8 Å². The maximum Gasteiger partial charge on any atom is 0.229 e. The summed E-state index contributed by atoms with van der Waals surface area (Å²) < 4.78 is 0. The molecule has 2 amide bonds. The number of nitrogens with zero attached hydrogens (tertiary/aromatic N) is 1. The molecule has 64 valence electrons. The van der Waals surface area contributed by atoms with Gasteiger partial charge in [0.25, 0.3) is 0 Å². The first-order chi connectivity index (χ1) is 5.13. The molecule has 1 heterocycles. The van der Waals surface area contributed by atoms with E-state index in [0.717, 1.165) is 0 Å². The number of hydrogen-bond acceptors (Lipinski definition) is 3. The predicted octanol–water partition coefficient (Wildman–Crippen LogP) is -0.399. The fourth-order valence-corrected chi connectivity index (χ4v) is 0.688. The lowest BCUT2D eigenvalue weighted by molar-refractivity contribution is -0.136. The third-order valence-electron chi connectivity index (χ3n) is 1.30. The van der Waals surface area contributed by atoms with Crippen LogP contribution in [-0.2, 0) is 9.59 Å². The average Bonchev–Trinajstić information content (AvgIpc) is 2.22. The van der Waals surface area contributed by atoms with Gasteiger partial charge in [0.1, 0.15) is 0 Å². The van der Waals surface area contributed by atoms with E-state index < -0.39 is 0 Å². The van der Waals surface area contributed by atoms with Crippen LogP contribution in [0.3, 0.4) is 0 Å². The van der Waals surface area contributed by atoms with Gasteiger partial charge >= 0.3 is 0 Å². The summed E-state index contributed by atoms with van der Waals surface area (Å²) in [6.07, 6.45) is 0.796. The highest BCUT2D eigenvalue weighted by Gasteiger charge is 2.24. The van der Waals surface area contributed by atoms with Gasteiger partial charge in [-0.25, -0.2) is 0 Å². The number of rotatable bonds is 0. The fourth-order valence-electron chi connectivity index (χ4n) is 0.688. The van der Waals surface area contributed by atoms with Gasteiger partial charge in [-0.15, -0.1) is 0 Å². The van der Waals surface area contributed by atoms with Gasteiger partial charge in [-0.3, -0.25) is 14.5 Å². The molecule has 0 unspecified atom stereocenters. The Kier molecular flexibility index (Phi) is 4.45. The molecule has 0 radical (unpaired) electrons. The molecule has 0 spiro atoms. The van der Waals surface area contributed by atoms with Crippen molar-refractivity contribution in [2.24, 2.45) is 0 Å². The van der Waals surface area contributed by atoms with Crippen molar-refractivity contribution in [1.82, 2.24) is 10.2 Å². The van der Waals surface area contributed by atoms with E-state index in [1.165, 1.54) is 11.9 Å². The molecular weight excluding hydrogens is 144 g/mol. The van der Waals surface area contributed by atoms with Crippen molar-refractivity contribution in [1.29, 1.82) is 0 Å². The van der Waals surface area contributed by atoms with E-state index in [9.17, 15) is 9.59 Å². The van der Waals surface area contributed by atoms with E-state index in [0.29, 0.717) is 12.8 Å². The zero-order chi connectivity index (χ0) is 8.85. The van der Waals surface area contributed by atoms with Crippen LogP contribution in [0.2, 0.25) is 0 Å². The fraction of sp³-hybridized carbons (Fsp3) is 0.714. The van der Waals surface area contributed by atoms with Gasteiger partial charge in [0, 0.05) is 19.9 Å². The minimum atomic E-state index is -0.0602. The van der Waals surface area contributed by atoms with Crippen LogP contribution in [0.25, 0.3) is 0 Å². The average molecular weight is 158 g/mol. The molecule has 4 heteroatoms. The van der Waals surface area contributed by atoms with Crippen LogP contribution in [0.5, 0.6) is 0 Å². The second kappa shape index (κ2) is 4.85. The van der Waals surface area contributed by atoms with Gasteiger partial charge in [0.2, 0.25) is 11.8 Å². The second-order valence-electron chi connectivity index (χ2n) is 2.35. The summed E-state index contributed by atoms with van der Waals surface area (Å²) >= 11 is 0. The van der Waals surface area contributed by atoms with E-state index in [4.69, 9.17) is 0 Å². The Bertz CT molecular complexity index is 141. The SMILES string of the molecule is CN1C(=O)CCC1=O.CNC. The minimum Gasteiger partial charge on any atom is -0.323 e. The molecule has 0 aliphatic carbocycles. The highest BCUT2D eigenvalue weighted by molar-refractivity contribution is 6.01. The molecular formula is C7H14N2O2. The largest absolute Gasteiger partial charge is 0.323 e. The lowest BCUT2D eigenvalue weighted by Gasteiger charge is -2.01. The lowest BCUT2D eigenvalue weighted by Crippen LogP contribution is -2.23. The Hall–Kier alpha value is -0.900. The van der Waals surface area contributed by atoms with Gasteiger partial charge in [0.05, 0.1) is 0 Å². The van der Waals surface area contributed by atoms with Crippen LogP contribution in [0.1, 0.15) is 12.8 Å². The highest BCUT2D eigenvalue weighted by atomic mass is 16.2. The maximum absolute atomic E-state index is 10.5. The topological polar surface area (TPSA) is 49.4 Å². The molecule has 1 N–H and O–H groups in total. The van der Waals surface area contributed by atoms with E-state index in [2.05, 4.69) is 5.32 Å². The van der Waals surface area contributed by atoms with Crippen molar-refractivity contribution in [3.63, 3.8) is 0 Å². The standard InChI is InChI=1S/C5H7NO2.C2H7N/c1-6-4(7)2-3-5(6)8;1-3-2/h2-3H2,1H3;3H,1-2H3. The molecule has 0 bridgehead atoms. The van der Waals surface area contributed by atoms with E-state index in [-0.39, 0.29) is 11.8 Å². The normalized spacial score (nSPS) is 16.5. The number of carbonyl (C=O) groups is 2. The molecule has 0 aromatic heterocycles. The molecule has 1 aliphatic heterocycles. The van der Waals surface area contributed by atoms with Gasteiger partial charge in [-0.2, -0.15) is 0 Å². The first-order valence-corrected chi connectivity index (χ1v) is 3.51. The van der Waals surface area contributed by atoms with Crippen LogP contribution in [0.15, 0.2) is 0 Å². The lowest BCUT2D eigenvalue weighted by atomic mass is 10.4. The van der Waals surface area contributed by atoms with E-state index in [1.807, 2.05) is 14.1 Å². The van der Waals surface area contributed by atoms with Crippen LogP contribution in [-0.4, -0.2) is 37.9 Å². The zero-order valence-electron chi connectivity index (χ0n) is 7.18. The molecule has 4 nitrogen and oxygen atoms in total. The summed E-state index contributed by atoms with van der Waals surface area (Å²) in [7, 11) is 5.26. The summed E-state index contributed by atoms with van der Waals surface area (Å²) in [6, 6.07) is 0. The third kappa shape index (κ3) is 3.13. The van der Waals surface area contributed by atoms with Crippen LogP contribution >= 0.6 is 0 Å². The van der Waals surface area contributed by atoms with Crippen molar-refractivity contribution in [3.8, 4) is 0 Å². The highest BCUT2D eigenvalue weighted by Crippen LogP contribution is 2.07. The van der Waals surface area contributed by atoms with Gasteiger partial charge < -0.3 is 5.32 Å². The summed E-state index contributed by atoms with van der Waals surface area (Å²) in [6.45, 7) is 0. The van der Waals surface area contributed by atoms with E-state index in [1.54, 1.807) is 0 Å². The molecule has 0 atom stereocenters. The number of carbonyl (C=O) groups excluding carboxylic acids is 2. The summed E-state index contributed by atoms with van der Waals surface area (Å²) in [5.74, 6) is -0.120. The second-order valence-corrected chi connectivity index (χ2v) is 2.35. The quantitative estimate of drug-likeness (QED) is 0.488. The molecule has 1 fully saturated rings. The number of likely N-dealkylation sites (tertiary alicyclic amines) is 1. The smallest absolute Gasteiger partial charge is 0.229 e. The number of imide groups is 1. The minimum absolute atomic E-state index is 0.0602. The van der Waals surface area contributed by atoms with Crippen molar-refractivity contribution in [2.75, 3.05) is 21.1 Å². The molecule has 1 saturated heterocycles. The Morgan fingerprint density at radius 1 is 1.18 bits per heavy atom. The Labute approximate surface area is 66.6 Å². The van der Waals surface area contributed by atoms with Crippen LogP contribution in [0, 0.1) is 0 Å². The van der Waals surface area contributed by atoms with Gasteiger partial charge in [-0.1, -0.05) is 0 Å². The maximum atomic E-state index is 10.5. The van der Waals surface area contributed by atoms with Crippen LogP contribution < -0.4 is 5.32 Å². The van der Waals surface area contributed by atoms with Crippen molar-refractivity contribution < 1.29 is 9.59 Å². The molecule has 0 aromatic rings. The summed E-state index contributed by atoms with van der Waals surface area (Å²) in [5.41, 5.74) is 0.